The summed E-state index contributed by atoms with van der Waals surface area (Å²) >= 11 is 0. The zero-order valence-corrected chi connectivity index (χ0v) is 11.1. The second-order valence-electron chi connectivity index (χ2n) is 4.78. The standard InChI is InChI=1S/C14H16F3NO2/c1-20-12-7-3-2-5-10(12)11-6-4-8-18(11)13(19)9-14(15,16)17/h2-3,5,7,11H,4,6,8-9H2,1H3/t11-/m0/s1. The molecule has 1 aromatic carbocycles. The van der Waals surface area contributed by atoms with E-state index in [2.05, 4.69) is 0 Å². The molecular weight excluding hydrogens is 271 g/mol. The first kappa shape index (κ1) is 14.7. The predicted molar refractivity (Wildman–Crippen MR) is 67.4 cm³/mol. The van der Waals surface area contributed by atoms with Crippen LogP contribution >= 0.6 is 0 Å². The molecular formula is C14H16F3NO2. The highest BCUT2D eigenvalue weighted by Crippen LogP contribution is 2.38. The maximum atomic E-state index is 12.4. The van der Waals surface area contributed by atoms with Gasteiger partial charge in [0.1, 0.15) is 12.2 Å². The van der Waals surface area contributed by atoms with E-state index in [1.165, 1.54) is 12.0 Å². The lowest BCUT2D eigenvalue weighted by Crippen LogP contribution is -2.33. The topological polar surface area (TPSA) is 29.5 Å². The highest BCUT2D eigenvalue weighted by Gasteiger charge is 2.38. The second-order valence-corrected chi connectivity index (χ2v) is 4.78. The van der Waals surface area contributed by atoms with Crippen LogP contribution in [-0.2, 0) is 4.79 Å². The van der Waals surface area contributed by atoms with Gasteiger partial charge in [-0.15, -0.1) is 0 Å². The van der Waals surface area contributed by atoms with Crippen molar-refractivity contribution in [1.29, 1.82) is 0 Å². The van der Waals surface area contributed by atoms with E-state index in [4.69, 9.17) is 4.74 Å². The van der Waals surface area contributed by atoms with Crippen LogP contribution < -0.4 is 4.74 Å². The first-order valence-corrected chi connectivity index (χ1v) is 6.41. The van der Waals surface area contributed by atoms with Gasteiger partial charge in [-0.2, -0.15) is 13.2 Å². The lowest BCUT2D eigenvalue weighted by atomic mass is 10.0. The highest BCUT2D eigenvalue weighted by atomic mass is 19.4. The number of carbonyl (C=O) groups excluding carboxylic acids is 1. The summed E-state index contributed by atoms with van der Waals surface area (Å²) in [4.78, 5) is 13.1. The molecule has 1 aromatic rings. The van der Waals surface area contributed by atoms with E-state index in [9.17, 15) is 18.0 Å². The third-order valence-electron chi connectivity index (χ3n) is 3.42. The summed E-state index contributed by atoms with van der Waals surface area (Å²) in [5.41, 5.74) is 0.767. The molecule has 0 N–H and O–H groups in total. The summed E-state index contributed by atoms with van der Waals surface area (Å²) in [5, 5.41) is 0. The number of hydrogen-bond donors (Lipinski definition) is 0. The summed E-state index contributed by atoms with van der Waals surface area (Å²) in [5.74, 6) is -0.268. The van der Waals surface area contributed by atoms with Gasteiger partial charge >= 0.3 is 6.18 Å². The molecule has 20 heavy (non-hydrogen) atoms. The van der Waals surface area contributed by atoms with Crippen LogP contribution in [0.15, 0.2) is 24.3 Å². The van der Waals surface area contributed by atoms with Crippen LogP contribution in [-0.4, -0.2) is 30.6 Å². The third-order valence-corrected chi connectivity index (χ3v) is 3.42. The van der Waals surface area contributed by atoms with Crippen molar-refractivity contribution in [3.63, 3.8) is 0 Å². The van der Waals surface area contributed by atoms with Crippen molar-refractivity contribution < 1.29 is 22.7 Å². The molecule has 1 aliphatic rings. The van der Waals surface area contributed by atoms with Crippen molar-refractivity contribution in [2.75, 3.05) is 13.7 Å². The second kappa shape index (κ2) is 5.73. The minimum Gasteiger partial charge on any atom is -0.496 e. The number of benzene rings is 1. The fourth-order valence-corrected chi connectivity index (χ4v) is 2.60. The van der Waals surface area contributed by atoms with E-state index in [1.807, 2.05) is 0 Å². The van der Waals surface area contributed by atoms with Gasteiger partial charge in [-0.25, -0.2) is 0 Å². The summed E-state index contributed by atoms with van der Waals surface area (Å²) in [6, 6.07) is 6.80. The fraction of sp³-hybridized carbons (Fsp3) is 0.500. The van der Waals surface area contributed by atoms with Crippen LogP contribution in [0, 0.1) is 0 Å². The normalized spacial score (nSPS) is 19.2. The van der Waals surface area contributed by atoms with Crippen LogP contribution in [0.4, 0.5) is 13.2 Å². The summed E-state index contributed by atoms with van der Waals surface area (Å²) in [6.45, 7) is 0.359. The van der Waals surface area contributed by atoms with Crippen molar-refractivity contribution in [2.24, 2.45) is 0 Å². The molecule has 1 heterocycles. The maximum absolute atomic E-state index is 12.4. The molecule has 0 saturated carbocycles. The van der Waals surface area contributed by atoms with Gasteiger partial charge in [0.25, 0.3) is 0 Å². The molecule has 6 heteroatoms. The molecule has 0 unspecified atom stereocenters. The number of carbonyl (C=O) groups is 1. The molecule has 1 amide bonds. The monoisotopic (exact) mass is 287 g/mol. The predicted octanol–water partition coefficient (Wildman–Crippen LogP) is 3.31. The first-order chi connectivity index (χ1) is 9.42. The zero-order valence-electron chi connectivity index (χ0n) is 11.1. The number of amides is 1. The Balaban J connectivity index is 2.21. The Bertz CT molecular complexity index is 488. The van der Waals surface area contributed by atoms with Gasteiger partial charge in [0.2, 0.25) is 5.91 Å². The molecule has 0 spiro atoms. The molecule has 1 fully saturated rings. The average Bonchev–Trinajstić information content (AvgIpc) is 2.85. The van der Waals surface area contributed by atoms with Gasteiger partial charge in [0.15, 0.2) is 0 Å². The van der Waals surface area contributed by atoms with E-state index in [1.54, 1.807) is 24.3 Å². The van der Waals surface area contributed by atoms with Gasteiger partial charge in [-0.3, -0.25) is 4.79 Å². The summed E-state index contributed by atoms with van der Waals surface area (Å²) in [7, 11) is 1.51. The van der Waals surface area contributed by atoms with E-state index in [0.717, 1.165) is 5.56 Å². The number of alkyl halides is 3. The Labute approximate surface area is 115 Å². The molecule has 1 aliphatic heterocycles. The Hall–Kier alpha value is -1.72. The van der Waals surface area contributed by atoms with Gasteiger partial charge in [0.05, 0.1) is 13.2 Å². The number of nitrogens with zero attached hydrogens (tertiary/aromatic N) is 1. The van der Waals surface area contributed by atoms with Crippen molar-refractivity contribution in [2.45, 2.75) is 31.5 Å². The van der Waals surface area contributed by atoms with E-state index in [0.29, 0.717) is 25.1 Å². The Morgan fingerprint density at radius 1 is 1.40 bits per heavy atom. The molecule has 1 saturated heterocycles. The number of likely N-dealkylation sites (tertiary alicyclic amines) is 1. The van der Waals surface area contributed by atoms with Crippen LogP contribution in [0.25, 0.3) is 0 Å². The van der Waals surface area contributed by atoms with Crippen molar-refractivity contribution in [3.05, 3.63) is 29.8 Å². The molecule has 110 valence electrons. The number of ether oxygens (including phenoxy) is 1. The number of hydrogen-bond acceptors (Lipinski definition) is 2. The van der Waals surface area contributed by atoms with Crippen LogP contribution in [0.1, 0.15) is 30.9 Å². The first-order valence-electron chi connectivity index (χ1n) is 6.41. The van der Waals surface area contributed by atoms with Gasteiger partial charge in [-0.1, -0.05) is 18.2 Å². The minimum absolute atomic E-state index is 0.332. The van der Waals surface area contributed by atoms with Crippen molar-refractivity contribution >= 4 is 5.91 Å². The van der Waals surface area contributed by atoms with Crippen LogP contribution in [0.2, 0.25) is 0 Å². The largest absolute Gasteiger partial charge is 0.496 e. The van der Waals surface area contributed by atoms with E-state index < -0.39 is 18.5 Å². The Morgan fingerprint density at radius 2 is 2.10 bits per heavy atom. The number of rotatable bonds is 3. The lowest BCUT2D eigenvalue weighted by Gasteiger charge is -2.26. The zero-order chi connectivity index (χ0) is 14.8. The summed E-state index contributed by atoms with van der Waals surface area (Å²) < 4.78 is 42.3. The van der Waals surface area contributed by atoms with E-state index in [-0.39, 0.29) is 6.04 Å². The number of methoxy groups -OCH3 is 1. The molecule has 0 bridgehead atoms. The molecule has 2 rings (SSSR count). The highest BCUT2D eigenvalue weighted by molar-refractivity contribution is 5.77. The Morgan fingerprint density at radius 3 is 2.75 bits per heavy atom. The third kappa shape index (κ3) is 3.23. The number of para-hydroxylation sites is 1. The fourth-order valence-electron chi connectivity index (χ4n) is 2.60. The smallest absolute Gasteiger partial charge is 0.397 e. The molecule has 0 aliphatic carbocycles. The van der Waals surface area contributed by atoms with Crippen LogP contribution in [0.5, 0.6) is 5.75 Å². The number of halogens is 3. The minimum atomic E-state index is -4.47. The van der Waals surface area contributed by atoms with E-state index >= 15 is 0 Å². The quantitative estimate of drug-likeness (QED) is 0.853. The lowest BCUT2D eigenvalue weighted by molar-refractivity contribution is -0.162. The van der Waals surface area contributed by atoms with Gasteiger partial charge < -0.3 is 9.64 Å². The summed E-state index contributed by atoms with van der Waals surface area (Å²) in [6.07, 6.45) is -4.51. The van der Waals surface area contributed by atoms with Crippen LogP contribution in [0.3, 0.4) is 0 Å². The maximum Gasteiger partial charge on any atom is 0.397 e. The Kier molecular flexibility index (Phi) is 4.20. The van der Waals surface area contributed by atoms with Gasteiger partial charge in [0, 0.05) is 12.1 Å². The van der Waals surface area contributed by atoms with Gasteiger partial charge in [-0.05, 0) is 18.9 Å². The van der Waals surface area contributed by atoms with Crippen molar-refractivity contribution in [1.82, 2.24) is 4.90 Å². The molecule has 3 nitrogen and oxygen atoms in total. The van der Waals surface area contributed by atoms with Crippen molar-refractivity contribution in [3.8, 4) is 5.75 Å². The average molecular weight is 287 g/mol. The molecule has 1 atom stereocenters. The molecule has 0 aromatic heterocycles. The SMILES string of the molecule is COc1ccccc1[C@@H]1CCCN1C(=O)CC(F)(F)F. The molecule has 0 radical (unpaired) electrons.